The highest BCUT2D eigenvalue weighted by molar-refractivity contribution is 7.80. The monoisotopic (exact) mass is 288 g/mol. The van der Waals surface area contributed by atoms with E-state index >= 15 is 0 Å². The maximum atomic E-state index is 5.64. The summed E-state index contributed by atoms with van der Waals surface area (Å²) >= 11 is 6.86. The van der Waals surface area contributed by atoms with Gasteiger partial charge < -0.3 is 10.6 Å². The molecule has 4 heteroatoms. The summed E-state index contributed by atoms with van der Waals surface area (Å²) in [5, 5.41) is 2.20. The summed E-state index contributed by atoms with van der Waals surface area (Å²) in [6, 6.07) is 10.9. The smallest absolute Gasteiger partial charge is 0.103 e. The van der Waals surface area contributed by atoms with Crippen molar-refractivity contribution in [1.29, 1.82) is 0 Å². The maximum absolute atomic E-state index is 5.64. The van der Waals surface area contributed by atoms with Crippen molar-refractivity contribution in [3.63, 3.8) is 0 Å². The first-order valence-corrected chi connectivity index (χ1v) is 7.68. The number of nitrogens with two attached hydrogens (primary N) is 1. The molecule has 98 valence electrons. The van der Waals surface area contributed by atoms with Crippen molar-refractivity contribution in [3.8, 4) is 0 Å². The molecule has 1 aliphatic heterocycles. The zero-order chi connectivity index (χ0) is 13.4. The fraction of sp³-hybridized carbons (Fsp3) is 0.267. The highest BCUT2D eigenvalue weighted by Gasteiger charge is 2.24. The summed E-state index contributed by atoms with van der Waals surface area (Å²) in [6.45, 7) is 3.34. The second-order valence-corrected chi connectivity index (χ2v) is 6.27. The number of thiophene rings is 1. The normalized spacial score (nSPS) is 18.2. The van der Waals surface area contributed by atoms with E-state index in [2.05, 4.69) is 35.4 Å². The van der Waals surface area contributed by atoms with Gasteiger partial charge in [-0.15, -0.1) is 11.3 Å². The van der Waals surface area contributed by atoms with Gasteiger partial charge in [0.05, 0.1) is 6.04 Å². The van der Waals surface area contributed by atoms with Crippen LogP contribution in [0.5, 0.6) is 0 Å². The number of benzene rings is 1. The van der Waals surface area contributed by atoms with Gasteiger partial charge in [-0.3, -0.25) is 0 Å². The molecule has 1 atom stereocenters. The summed E-state index contributed by atoms with van der Waals surface area (Å²) in [5.41, 5.74) is 9.28. The highest BCUT2D eigenvalue weighted by atomic mass is 32.1. The van der Waals surface area contributed by atoms with Crippen LogP contribution < -0.4 is 10.6 Å². The third-order valence-corrected chi connectivity index (χ3v) is 4.99. The molecule has 0 bridgehead atoms. The number of nitrogens with zero attached hydrogens (tertiary/aromatic N) is 1. The third kappa shape index (κ3) is 2.26. The molecule has 19 heavy (non-hydrogen) atoms. The zero-order valence-corrected chi connectivity index (χ0v) is 12.4. The van der Waals surface area contributed by atoms with E-state index < -0.39 is 0 Å². The van der Waals surface area contributed by atoms with Crippen LogP contribution in [0.1, 0.15) is 29.0 Å². The van der Waals surface area contributed by atoms with Crippen LogP contribution in [0.3, 0.4) is 0 Å². The lowest BCUT2D eigenvalue weighted by atomic mass is 10.0. The maximum Gasteiger partial charge on any atom is 0.103 e. The first-order chi connectivity index (χ1) is 9.16. The predicted octanol–water partition coefficient (Wildman–Crippen LogP) is 3.51. The Balaban J connectivity index is 1.89. The first-order valence-electron chi connectivity index (χ1n) is 6.39. The van der Waals surface area contributed by atoms with Crippen LogP contribution in [0, 0.1) is 0 Å². The Morgan fingerprint density at radius 3 is 2.74 bits per heavy atom. The zero-order valence-electron chi connectivity index (χ0n) is 10.8. The van der Waals surface area contributed by atoms with Crippen LogP contribution in [-0.4, -0.2) is 11.5 Å². The Hall–Kier alpha value is -1.39. The molecule has 2 heterocycles. The Morgan fingerprint density at radius 1 is 1.32 bits per heavy atom. The molecule has 2 aromatic rings. The van der Waals surface area contributed by atoms with Crippen LogP contribution in [0.2, 0.25) is 0 Å². The van der Waals surface area contributed by atoms with E-state index in [0.29, 0.717) is 11.0 Å². The molecule has 1 unspecified atom stereocenters. The van der Waals surface area contributed by atoms with Crippen molar-refractivity contribution in [1.82, 2.24) is 0 Å². The number of hydrogen-bond donors (Lipinski definition) is 1. The molecule has 0 spiro atoms. The molecule has 0 fully saturated rings. The fourth-order valence-electron chi connectivity index (χ4n) is 2.68. The largest absolute Gasteiger partial charge is 0.389 e. The van der Waals surface area contributed by atoms with Crippen molar-refractivity contribution in [2.24, 2.45) is 5.73 Å². The second-order valence-electron chi connectivity index (χ2n) is 4.83. The van der Waals surface area contributed by atoms with E-state index in [9.17, 15) is 0 Å². The van der Waals surface area contributed by atoms with Crippen molar-refractivity contribution in [2.75, 3.05) is 11.4 Å². The highest BCUT2D eigenvalue weighted by Crippen LogP contribution is 2.35. The van der Waals surface area contributed by atoms with Gasteiger partial charge in [0.25, 0.3) is 0 Å². The molecule has 2 nitrogen and oxygen atoms in total. The first kappa shape index (κ1) is 12.6. The van der Waals surface area contributed by atoms with Gasteiger partial charge in [0.2, 0.25) is 0 Å². The Kier molecular flexibility index (Phi) is 3.29. The third-order valence-electron chi connectivity index (χ3n) is 3.76. The van der Waals surface area contributed by atoms with E-state index in [0.717, 1.165) is 18.5 Å². The molecule has 0 saturated carbocycles. The van der Waals surface area contributed by atoms with Gasteiger partial charge in [0.15, 0.2) is 0 Å². The lowest BCUT2D eigenvalue weighted by molar-refractivity contribution is 0.633. The summed E-state index contributed by atoms with van der Waals surface area (Å²) < 4.78 is 0. The van der Waals surface area contributed by atoms with E-state index in [1.165, 1.54) is 16.1 Å². The minimum atomic E-state index is 0.436. The second kappa shape index (κ2) is 4.94. The number of anilines is 1. The molecule has 1 aromatic carbocycles. The Labute approximate surface area is 122 Å². The number of rotatable bonds is 2. The van der Waals surface area contributed by atoms with Gasteiger partial charge in [-0.1, -0.05) is 12.2 Å². The predicted molar refractivity (Wildman–Crippen MR) is 86.1 cm³/mol. The summed E-state index contributed by atoms with van der Waals surface area (Å²) in [6.07, 6.45) is 1.13. The molecular weight excluding hydrogens is 272 g/mol. The average molecular weight is 288 g/mol. The van der Waals surface area contributed by atoms with E-state index in [4.69, 9.17) is 18.0 Å². The van der Waals surface area contributed by atoms with Crippen molar-refractivity contribution < 1.29 is 0 Å². The van der Waals surface area contributed by atoms with Gasteiger partial charge in [-0.2, -0.15) is 0 Å². The van der Waals surface area contributed by atoms with E-state index in [1.807, 2.05) is 23.5 Å². The minimum absolute atomic E-state index is 0.436. The number of thiocarbonyl (C=S) groups is 1. The van der Waals surface area contributed by atoms with Crippen LogP contribution in [-0.2, 0) is 6.42 Å². The van der Waals surface area contributed by atoms with Gasteiger partial charge >= 0.3 is 0 Å². The molecule has 1 aromatic heterocycles. The summed E-state index contributed by atoms with van der Waals surface area (Å²) in [5.74, 6) is 0. The minimum Gasteiger partial charge on any atom is -0.389 e. The van der Waals surface area contributed by atoms with Crippen molar-refractivity contribution >= 4 is 34.2 Å². The molecule has 0 radical (unpaired) electrons. The van der Waals surface area contributed by atoms with E-state index in [-0.39, 0.29) is 0 Å². The quantitative estimate of drug-likeness (QED) is 0.858. The molecule has 0 amide bonds. The SMILES string of the molecule is CC1c2ccsc2CCN1c1ccc(C(N)=S)cc1. The summed E-state index contributed by atoms with van der Waals surface area (Å²) in [4.78, 5) is 4.43. The standard InChI is InChI=1S/C15H16N2S2/c1-10-13-7-9-19-14(13)6-8-17(10)12-4-2-11(3-5-12)15(16)18/h2-5,7,9-10H,6,8H2,1H3,(H2,16,18). The van der Waals surface area contributed by atoms with Gasteiger partial charge in [-0.25, -0.2) is 0 Å². The molecule has 0 saturated heterocycles. The molecule has 2 N–H and O–H groups in total. The lowest BCUT2D eigenvalue weighted by Gasteiger charge is -2.35. The van der Waals surface area contributed by atoms with Gasteiger partial charge in [0.1, 0.15) is 4.99 Å². The van der Waals surface area contributed by atoms with Crippen molar-refractivity contribution in [2.45, 2.75) is 19.4 Å². The average Bonchev–Trinajstić information content (AvgIpc) is 2.88. The number of fused-ring (bicyclic) bond motifs is 1. The lowest BCUT2D eigenvalue weighted by Crippen LogP contribution is -2.33. The van der Waals surface area contributed by atoms with Crippen molar-refractivity contribution in [3.05, 3.63) is 51.7 Å². The van der Waals surface area contributed by atoms with Crippen LogP contribution >= 0.6 is 23.6 Å². The summed E-state index contributed by atoms with van der Waals surface area (Å²) in [7, 11) is 0. The fourth-order valence-corrected chi connectivity index (χ4v) is 3.78. The van der Waals surface area contributed by atoms with E-state index in [1.54, 1.807) is 0 Å². The van der Waals surface area contributed by atoms with Crippen LogP contribution in [0.4, 0.5) is 5.69 Å². The van der Waals surface area contributed by atoms with Gasteiger partial charge in [0, 0.05) is 22.7 Å². The van der Waals surface area contributed by atoms with Crippen LogP contribution in [0.25, 0.3) is 0 Å². The molecule has 1 aliphatic rings. The Bertz CT molecular complexity index is 601. The van der Waals surface area contributed by atoms with Crippen LogP contribution in [0.15, 0.2) is 35.7 Å². The molecule has 0 aliphatic carbocycles. The van der Waals surface area contributed by atoms with Gasteiger partial charge in [-0.05, 0) is 54.6 Å². The topological polar surface area (TPSA) is 29.3 Å². The number of hydrogen-bond acceptors (Lipinski definition) is 3. The molecular formula is C15H16N2S2. The molecule has 3 rings (SSSR count). The Morgan fingerprint density at radius 2 is 2.05 bits per heavy atom.